The molecule has 0 aromatic heterocycles. The van der Waals surface area contributed by atoms with Crippen molar-refractivity contribution in [3.63, 3.8) is 0 Å². The van der Waals surface area contributed by atoms with Gasteiger partial charge in [-0.2, -0.15) is 13.2 Å². The van der Waals surface area contributed by atoms with Gasteiger partial charge in [-0.15, -0.1) is 0 Å². The van der Waals surface area contributed by atoms with E-state index in [-0.39, 0.29) is 48.9 Å². The molecule has 1 aromatic rings. The number of anilines is 1. The van der Waals surface area contributed by atoms with Crippen molar-refractivity contribution in [1.29, 1.82) is 0 Å². The summed E-state index contributed by atoms with van der Waals surface area (Å²) in [6, 6.07) is 2.94. The van der Waals surface area contributed by atoms with Crippen molar-refractivity contribution in [1.82, 2.24) is 5.32 Å². The van der Waals surface area contributed by atoms with Gasteiger partial charge in [-0.05, 0) is 74.5 Å². The number of hydrogen-bond donors (Lipinski definition) is 2. The minimum Gasteiger partial charge on any atom is -0.489 e. The summed E-state index contributed by atoms with van der Waals surface area (Å²) in [6.45, 7) is 0.530. The zero-order valence-corrected chi connectivity index (χ0v) is 18.8. The number of benzene rings is 1. The smallest absolute Gasteiger partial charge is 0.416 e. The van der Waals surface area contributed by atoms with Crippen LogP contribution in [0.15, 0.2) is 18.2 Å². The van der Waals surface area contributed by atoms with Crippen LogP contribution in [-0.2, 0) is 20.5 Å². The fourth-order valence-electron chi connectivity index (χ4n) is 6.24. The molecule has 0 atom stereocenters. The van der Waals surface area contributed by atoms with Gasteiger partial charge in [0.2, 0.25) is 11.8 Å². The molecule has 182 valence electrons. The van der Waals surface area contributed by atoms with E-state index >= 15 is 0 Å². The normalized spacial score (nSPS) is 27.9. The number of nitrogens with one attached hydrogen (secondary N) is 2. The van der Waals surface area contributed by atoms with Gasteiger partial charge in [0.25, 0.3) is 0 Å². The van der Waals surface area contributed by atoms with Crippen LogP contribution >= 0.6 is 0 Å². The molecule has 4 aliphatic carbocycles. The molecule has 0 radical (unpaired) electrons. The highest BCUT2D eigenvalue weighted by Crippen LogP contribution is 2.60. The molecule has 4 aliphatic rings. The van der Waals surface area contributed by atoms with Gasteiger partial charge in [-0.3, -0.25) is 9.59 Å². The summed E-state index contributed by atoms with van der Waals surface area (Å²) in [6.07, 6.45) is 1.93. The van der Waals surface area contributed by atoms with Crippen LogP contribution in [0.5, 0.6) is 5.75 Å². The van der Waals surface area contributed by atoms with Crippen molar-refractivity contribution in [2.75, 3.05) is 32.2 Å². The molecular formula is C24H31F3N2O4. The molecule has 0 saturated heterocycles. The van der Waals surface area contributed by atoms with Crippen LogP contribution < -0.4 is 15.4 Å². The van der Waals surface area contributed by atoms with Crippen LogP contribution in [0.25, 0.3) is 0 Å². The monoisotopic (exact) mass is 468 g/mol. The van der Waals surface area contributed by atoms with E-state index in [1.165, 1.54) is 32.4 Å². The molecule has 4 bridgehead atoms. The Kier molecular flexibility index (Phi) is 6.88. The largest absolute Gasteiger partial charge is 0.489 e. The standard InChI is InChI=1S/C24H31F3N2O4/c1-32-6-7-33-20-3-2-18(24(25,26)27)11-19(20)29-21(30)4-5-28-22(31)23-12-15-8-16(13-23)10-17(9-15)14-23/h2-3,11,15-17H,4-10,12-14H2,1H3,(H,28,31)(H,29,30). The van der Waals surface area contributed by atoms with Crippen molar-refractivity contribution >= 4 is 17.5 Å². The Bertz CT molecular complexity index is 852. The van der Waals surface area contributed by atoms with Gasteiger partial charge in [0.15, 0.2) is 0 Å². The second kappa shape index (κ2) is 9.52. The number of ether oxygens (including phenoxy) is 2. The van der Waals surface area contributed by atoms with E-state index in [0.717, 1.165) is 31.4 Å². The maximum atomic E-state index is 13.1. The van der Waals surface area contributed by atoms with Gasteiger partial charge < -0.3 is 20.1 Å². The first-order chi connectivity index (χ1) is 15.7. The topological polar surface area (TPSA) is 76.7 Å². The maximum Gasteiger partial charge on any atom is 0.416 e. The van der Waals surface area contributed by atoms with Crippen molar-refractivity contribution in [2.24, 2.45) is 23.2 Å². The van der Waals surface area contributed by atoms with E-state index in [1.54, 1.807) is 0 Å². The summed E-state index contributed by atoms with van der Waals surface area (Å²) < 4.78 is 49.7. The SMILES string of the molecule is COCCOc1ccc(C(F)(F)F)cc1NC(=O)CCNC(=O)C12CC3CC(CC(C3)C1)C2. The molecule has 33 heavy (non-hydrogen) atoms. The zero-order valence-electron chi connectivity index (χ0n) is 18.8. The summed E-state index contributed by atoms with van der Waals surface area (Å²) in [5, 5.41) is 5.42. The molecule has 4 fully saturated rings. The van der Waals surface area contributed by atoms with Gasteiger partial charge >= 0.3 is 6.18 Å². The van der Waals surface area contributed by atoms with E-state index < -0.39 is 17.6 Å². The van der Waals surface area contributed by atoms with Crippen molar-refractivity contribution < 1.29 is 32.2 Å². The molecule has 0 unspecified atom stereocenters. The predicted octanol–water partition coefficient (Wildman–Crippen LogP) is 4.39. The molecule has 2 amide bonds. The molecule has 9 heteroatoms. The lowest BCUT2D eigenvalue weighted by atomic mass is 9.49. The first kappa shape index (κ1) is 23.9. The summed E-state index contributed by atoms with van der Waals surface area (Å²) in [4.78, 5) is 25.5. The molecule has 0 heterocycles. The van der Waals surface area contributed by atoms with Gasteiger partial charge in [-0.1, -0.05) is 0 Å². The highest BCUT2D eigenvalue weighted by molar-refractivity contribution is 5.93. The van der Waals surface area contributed by atoms with Crippen LogP contribution in [0, 0.1) is 23.2 Å². The molecule has 5 rings (SSSR count). The molecule has 1 aromatic carbocycles. The maximum absolute atomic E-state index is 13.1. The van der Waals surface area contributed by atoms with Gasteiger partial charge in [0.1, 0.15) is 12.4 Å². The minimum absolute atomic E-state index is 0.0251. The third-order valence-electron chi connectivity index (χ3n) is 7.28. The van der Waals surface area contributed by atoms with Crippen LogP contribution in [0.4, 0.5) is 18.9 Å². The van der Waals surface area contributed by atoms with Crippen molar-refractivity contribution in [3.8, 4) is 5.75 Å². The third-order valence-corrected chi connectivity index (χ3v) is 7.28. The molecule has 4 saturated carbocycles. The lowest BCUT2D eigenvalue weighted by molar-refractivity contribution is -0.146. The average Bonchev–Trinajstić information content (AvgIpc) is 2.73. The number of alkyl halides is 3. The lowest BCUT2D eigenvalue weighted by Crippen LogP contribution is -2.53. The quantitative estimate of drug-likeness (QED) is 0.527. The van der Waals surface area contributed by atoms with Gasteiger partial charge in [0, 0.05) is 25.5 Å². The first-order valence-corrected chi connectivity index (χ1v) is 11.6. The lowest BCUT2D eigenvalue weighted by Gasteiger charge is -2.55. The number of methoxy groups -OCH3 is 1. The van der Waals surface area contributed by atoms with E-state index in [1.807, 2.05) is 0 Å². The fraction of sp³-hybridized carbons (Fsp3) is 0.667. The molecule has 2 N–H and O–H groups in total. The van der Waals surface area contributed by atoms with Gasteiger partial charge in [-0.25, -0.2) is 0 Å². The third kappa shape index (κ3) is 5.45. The van der Waals surface area contributed by atoms with E-state index in [0.29, 0.717) is 17.8 Å². The van der Waals surface area contributed by atoms with Crippen LogP contribution in [0.1, 0.15) is 50.5 Å². The van der Waals surface area contributed by atoms with Crippen LogP contribution in [-0.4, -0.2) is 38.7 Å². The van der Waals surface area contributed by atoms with Gasteiger partial charge in [0.05, 0.1) is 17.9 Å². The molecular weight excluding hydrogens is 437 g/mol. The Balaban J connectivity index is 1.33. The highest BCUT2D eigenvalue weighted by atomic mass is 19.4. The number of hydrogen-bond acceptors (Lipinski definition) is 4. The second-order valence-corrected chi connectivity index (χ2v) is 9.80. The first-order valence-electron chi connectivity index (χ1n) is 11.6. The van der Waals surface area contributed by atoms with Crippen molar-refractivity contribution in [2.45, 2.75) is 51.1 Å². The molecule has 0 spiro atoms. The zero-order chi connectivity index (χ0) is 23.6. The summed E-state index contributed by atoms with van der Waals surface area (Å²) in [5.41, 5.74) is -1.24. The number of carbonyl (C=O) groups excluding carboxylic acids is 2. The summed E-state index contributed by atoms with van der Waals surface area (Å²) >= 11 is 0. The molecule has 0 aliphatic heterocycles. The number of rotatable bonds is 9. The Morgan fingerprint density at radius 2 is 1.70 bits per heavy atom. The summed E-state index contributed by atoms with van der Waals surface area (Å²) in [5.74, 6) is 1.59. The number of amides is 2. The Morgan fingerprint density at radius 1 is 1.06 bits per heavy atom. The number of carbonyl (C=O) groups is 2. The van der Waals surface area contributed by atoms with Crippen LogP contribution in [0.3, 0.4) is 0 Å². The predicted molar refractivity (Wildman–Crippen MR) is 116 cm³/mol. The van der Waals surface area contributed by atoms with E-state index in [4.69, 9.17) is 9.47 Å². The Labute approximate surface area is 191 Å². The molecule has 6 nitrogen and oxygen atoms in total. The summed E-state index contributed by atoms with van der Waals surface area (Å²) in [7, 11) is 1.48. The van der Waals surface area contributed by atoms with Crippen LogP contribution in [0.2, 0.25) is 0 Å². The average molecular weight is 469 g/mol. The Morgan fingerprint density at radius 3 is 2.27 bits per heavy atom. The Hall–Kier alpha value is -2.29. The van der Waals surface area contributed by atoms with E-state index in [2.05, 4.69) is 10.6 Å². The minimum atomic E-state index is -4.55. The van der Waals surface area contributed by atoms with E-state index in [9.17, 15) is 22.8 Å². The number of halogens is 3. The van der Waals surface area contributed by atoms with Crippen molar-refractivity contribution in [3.05, 3.63) is 23.8 Å². The fourth-order valence-corrected chi connectivity index (χ4v) is 6.24. The highest BCUT2D eigenvalue weighted by Gasteiger charge is 2.54. The second-order valence-electron chi connectivity index (χ2n) is 9.80.